The van der Waals surface area contributed by atoms with Gasteiger partial charge in [0.25, 0.3) is 5.91 Å². The standard InChI is InChI=1S/C15H13BrFNO3/c1-2-21-14-6-4-10(8-12(14)17)18-15(20)9-3-5-11(16)13(19)7-9/h3-8,19H,2H2,1H3,(H,18,20). The second-order valence-corrected chi connectivity index (χ2v) is 5.05. The van der Waals surface area contributed by atoms with Crippen molar-refractivity contribution in [2.24, 2.45) is 0 Å². The van der Waals surface area contributed by atoms with Gasteiger partial charge in [-0.3, -0.25) is 4.79 Å². The topological polar surface area (TPSA) is 58.6 Å². The Kier molecular flexibility index (Phi) is 4.80. The van der Waals surface area contributed by atoms with Crippen LogP contribution in [0, 0.1) is 5.82 Å². The number of phenols is 1. The molecule has 0 radical (unpaired) electrons. The summed E-state index contributed by atoms with van der Waals surface area (Å²) in [4.78, 5) is 12.0. The third kappa shape index (κ3) is 3.72. The Hall–Kier alpha value is -2.08. The molecule has 110 valence electrons. The summed E-state index contributed by atoms with van der Waals surface area (Å²) in [5.41, 5.74) is 0.577. The van der Waals surface area contributed by atoms with Crippen LogP contribution in [0.1, 0.15) is 17.3 Å². The molecule has 0 heterocycles. The van der Waals surface area contributed by atoms with Crippen molar-refractivity contribution in [3.8, 4) is 11.5 Å². The summed E-state index contributed by atoms with van der Waals surface area (Å²) < 4.78 is 19.3. The SMILES string of the molecule is CCOc1ccc(NC(=O)c2ccc(Br)c(O)c2)cc1F. The summed E-state index contributed by atoms with van der Waals surface area (Å²) in [7, 11) is 0. The zero-order valence-corrected chi connectivity index (χ0v) is 12.8. The monoisotopic (exact) mass is 353 g/mol. The van der Waals surface area contributed by atoms with Crippen LogP contribution in [-0.4, -0.2) is 17.6 Å². The number of anilines is 1. The molecule has 6 heteroatoms. The first-order valence-corrected chi connectivity index (χ1v) is 7.02. The molecule has 0 aliphatic rings. The van der Waals surface area contributed by atoms with Crippen molar-refractivity contribution in [2.45, 2.75) is 6.92 Å². The molecule has 0 fully saturated rings. The van der Waals surface area contributed by atoms with E-state index in [0.29, 0.717) is 16.8 Å². The van der Waals surface area contributed by atoms with Gasteiger partial charge >= 0.3 is 0 Å². The fourth-order valence-corrected chi connectivity index (χ4v) is 1.95. The zero-order chi connectivity index (χ0) is 15.4. The summed E-state index contributed by atoms with van der Waals surface area (Å²) in [5, 5.41) is 12.1. The highest BCUT2D eigenvalue weighted by atomic mass is 79.9. The largest absolute Gasteiger partial charge is 0.507 e. The van der Waals surface area contributed by atoms with Gasteiger partial charge in [-0.15, -0.1) is 0 Å². The molecule has 0 atom stereocenters. The van der Waals surface area contributed by atoms with Gasteiger partial charge in [-0.05, 0) is 53.2 Å². The van der Waals surface area contributed by atoms with E-state index in [9.17, 15) is 14.3 Å². The molecule has 21 heavy (non-hydrogen) atoms. The van der Waals surface area contributed by atoms with Gasteiger partial charge in [-0.2, -0.15) is 0 Å². The van der Waals surface area contributed by atoms with E-state index in [1.165, 1.54) is 18.2 Å². The fraction of sp³-hybridized carbons (Fsp3) is 0.133. The molecule has 0 bridgehead atoms. The first-order chi connectivity index (χ1) is 10.0. The number of ether oxygens (including phenoxy) is 1. The van der Waals surface area contributed by atoms with Crippen LogP contribution in [0.4, 0.5) is 10.1 Å². The molecule has 0 aliphatic heterocycles. The van der Waals surface area contributed by atoms with Crippen molar-refractivity contribution in [1.29, 1.82) is 0 Å². The lowest BCUT2D eigenvalue weighted by atomic mass is 10.2. The lowest BCUT2D eigenvalue weighted by Crippen LogP contribution is -2.12. The molecule has 1 amide bonds. The Balaban J connectivity index is 2.15. The molecule has 0 saturated carbocycles. The maximum atomic E-state index is 13.7. The molecule has 0 spiro atoms. The van der Waals surface area contributed by atoms with E-state index < -0.39 is 11.7 Å². The van der Waals surface area contributed by atoms with Crippen molar-refractivity contribution in [3.63, 3.8) is 0 Å². The second kappa shape index (κ2) is 6.58. The molecule has 2 aromatic rings. The van der Waals surface area contributed by atoms with Gasteiger partial charge in [0.15, 0.2) is 11.6 Å². The minimum absolute atomic E-state index is 0.0412. The summed E-state index contributed by atoms with van der Waals surface area (Å²) in [5.74, 6) is -0.896. The van der Waals surface area contributed by atoms with Crippen molar-refractivity contribution in [1.82, 2.24) is 0 Å². The van der Waals surface area contributed by atoms with Gasteiger partial charge < -0.3 is 15.2 Å². The minimum atomic E-state index is -0.548. The number of carbonyl (C=O) groups excluding carboxylic acids is 1. The smallest absolute Gasteiger partial charge is 0.255 e. The zero-order valence-electron chi connectivity index (χ0n) is 11.2. The van der Waals surface area contributed by atoms with Crippen LogP contribution in [0.5, 0.6) is 11.5 Å². The number of aromatic hydroxyl groups is 1. The number of rotatable bonds is 4. The summed E-state index contributed by atoms with van der Waals surface area (Å²) in [6.07, 6.45) is 0. The Morgan fingerprint density at radius 1 is 1.33 bits per heavy atom. The number of amides is 1. The van der Waals surface area contributed by atoms with Gasteiger partial charge in [-0.25, -0.2) is 4.39 Å². The highest BCUT2D eigenvalue weighted by Crippen LogP contribution is 2.25. The third-order valence-corrected chi connectivity index (χ3v) is 3.37. The Morgan fingerprint density at radius 3 is 2.71 bits per heavy atom. The quantitative estimate of drug-likeness (QED) is 0.874. The van der Waals surface area contributed by atoms with Crippen LogP contribution in [0.3, 0.4) is 0 Å². The van der Waals surface area contributed by atoms with Crippen LogP contribution in [0.2, 0.25) is 0 Å². The number of nitrogens with one attached hydrogen (secondary N) is 1. The predicted octanol–water partition coefficient (Wildman–Crippen LogP) is 3.94. The van der Waals surface area contributed by atoms with Gasteiger partial charge in [-0.1, -0.05) is 0 Å². The highest BCUT2D eigenvalue weighted by Gasteiger charge is 2.10. The molecule has 0 saturated heterocycles. The van der Waals surface area contributed by atoms with E-state index in [2.05, 4.69) is 21.2 Å². The van der Waals surface area contributed by atoms with Gasteiger partial charge in [0.1, 0.15) is 5.75 Å². The average Bonchev–Trinajstić information content (AvgIpc) is 2.45. The molecule has 2 N–H and O–H groups in total. The number of hydrogen-bond acceptors (Lipinski definition) is 3. The molecule has 0 aromatic heterocycles. The second-order valence-electron chi connectivity index (χ2n) is 4.20. The lowest BCUT2D eigenvalue weighted by molar-refractivity contribution is 0.102. The number of carbonyl (C=O) groups is 1. The van der Waals surface area contributed by atoms with Crippen molar-refractivity contribution < 1.29 is 19.0 Å². The van der Waals surface area contributed by atoms with E-state index in [-0.39, 0.29) is 17.1 Å². The van der Waals surface area contributed by atoms with E-state index in [4.69, 9.17) is 4.74 Å². The number of hydrogen-bond donors (Lipinski definition) is 2. The number of phenolic OH excluding ortho intramolecular Hbond substituents is 1. The first-order valence-electron chi connectivity index (χ1n) is 6.23. The lowest BCUT2D eigenvalue weighted by Gasteiger charge is -2.09. The molecule has 0 aliphatic carbocycles. The van der Waals surface area contributed by atoms with Crippen LogP contribution >= 0.6 is 15.9 Å². The van der Waals surface area contributed by atoms with Crippen molar-refractivity contribution >= 4 is 27.5 Å². The van der Waals surface area contributed by atoms with Crippen LogP contribution in [0.25, 0.3) is 0 Å². The molecule has 4 nitrogen and oxygen atoms in total. The minimum Gasteiger partial charge on any atom is -0.507 e. The van der Waals surface area contributed by atoms with Gasteiger partial charge in [0, 0.05) is 17.3 Å². The molecule has 2 rings (SSSR count). The van der Waals surface area contributed by atoms with Crippen LogP contribution < -0.4 is 10.1 Å². The van der Waals surface area contributed by atoms with E-state index in [1.807, 2.05) is 0 Å². The maximum Gasteiger partial charge on any atom is 0.255 e. The number of halogens is 2. The Labute approximate surface area is 129 Å². The fourth-order valence-electron chi connectivity index (χ4n) is 1.71. The van der Waals surface area contributed by atoms with Gasteiger partial charge in [0.2, 0.25) is 0 Å². The molecule has 2 aromatic carbocycles. The molecule has 0 unspecified atom stereocenters. The van der Waals surface area contributed by atoms with E-state index in [1.54, 1.807) is 25.1 Å². The third-order valence-electron chi connectivity index (χ3n) is 2.70. The summed E-state index contributed by atoms with van der Waals surface area (Å²) in [6, 6.07) is 8.61. The van der Waals surface area contributed by atoms with Crippen molar-refractivity contribution in [2.75, 3.05) is 11.9 Å². The normalized spacial score (nSPS) is 10.2. The number of benzene rings is 2. The summed E-state index contributed by atoms with van der Waals surface area (Å²) in [6.45, 7) is 2.12. The maximum absolute atomic E-state index is 13.7. The van der Waals surface area contributed by atoms with Gasteiger partial charge in [0.05, 0.1) is 11.1 Å². The first kappa shape index (κ1) is 15.3. The predicted molar refractivity (Wildman–Crippen MR) is 81.3 cm³/mol. The molecular weight excluding hydrogens is 341 g/mol. The Bertz CT molecular complexity index is 676. The van der Waals surface area contributed by atoms with E-state index in [0.717, 1.165) is 0 Å². The van der Waals surface area contributed by atoms with E-state index >= 15 is 0 Å². The Morgan fingerprint density at radius 2 is 2.10 bits per heavy atom. The van der Waals surface area contributed by atoms with Crippen LogP contribution in [-0.2, 0) is 0 Å². The molecular formula is C15H13BrFNO3. The van der Waals surface area contributed by atoms with Crippen LogP contribution in [0.15, 0.2) is 40.9 Å². The van der Waals surface area contributed by atoms with Crippen molar-refractivity contribution in [3.05, 3.63) is 52.3 Å². The highest BCUT2D eigenvalue weighted by molar-refractivity contribution is 9.10. The average molecular weight is 354 g/mol. The summed E-state index contributed by atoms with van der Waals surface area (Å²) >= 11 is 3.13.